The first-order valence-electron chi connectivity index (χ1n) is 11.9. The van der Waals surface area contributed by atoms with E-state index in [1.807, 2.05) is 60.7 Å². The Labute approximate surface area is 219 Å². The van der Waals surface area contributed by atoms with Gasteiger partial charge in [-0.15, -0.1) is 0 Å². The van der Waals surface area contributed by atoms with Crippen LogP contribution in [0.5, 0.6) is 5.75 Å². The molecule has 0 radical (unpaired) electrons. The van der Waals surface area contributed by atoms with Crippen molar-refractivity contribution in [3.05, 3.63) is 118 Å². The summed E-state index contributed by atoms with van der Waals surface area (Å²) >= 11 is 0. The number of nitrogens with zero attached hydrogens (tertiary/aromatic N) is 2. The maximum atomic E-state index is 13.4. The number of methoxy groups -OCH3 is 2. The average Bonchev–Trinajstić information content (AvgIpc) is 3.28. The third kappa shape index (κ3) is 5.73. The van der Waals surface area contributed by atoms with Crippen LogP contribution in [-0.2, 0) is 20.7 Å². The molecule has 38 heavy (non-hydrogen) atoms. The largest absolute Gasteiger partial charge is 0.497 e. The summed E-state index contributed by atoms with van der Waals surface area (Å²) in [4.78, 5) is 38.9. The van der Waals surface area contributed by atoms with Gasteiger partial charge in [0, 0.05) is 0 Å². The minimum Gasteiger partial charge on any atom is -0.497 e. The van der Waals surface area contributed by atoms with E-state index in [1.54, 1.807) is 38.3 Å². The van der Waals surface area contributed by atoms with Gasteiger partial charge >= 0.3 is 5.97 Å². The summed E-state index contributed by atoms with van der Waals surface area (Å²) in [6, 6.07) is 25.6. The highest BCUT2D eigenvalue weighted by Gasteiger charge is 2.24. The van der Waals surface area contributed by atoms with E-state index in [0.717, 1.165) is 11.1 Å². The highest BCUT2D eigenvalue weighted by Crippen LogP contribution is 2.24. The van der Waals surface area contributed by atoms with Gasteiger partial charge in [-0.05, 0) is 42.3 Å². The Kier molecular flexibility index (Phi) is 8.17. The molecular weight excluding hydrogens is 484 g/mol. The molecule has 0 spiro atoms. The highest BCUT2D eigenvalue weighted by atomic mass is 16.5. The predicted molar refractivity (Wildman–Crippen MR) is 144 cm³/mol. The van der Waals surface area contributed by atoms with Crippen LogP contribution in [0.4, 0.5) is 0 Å². The van der Waals surface area contributed by atoms with E-state index in [9.17, 15) is 14.4 Å². The first kappa shape index (κ1) is 26.2. The first-order valence-corrected chi connectivity index (χ1v) is 11.9. The van der Waals surface area contributed by atoms with Gasteiger partial charge in [0.05, 0.1) is 49.2 Å². The number of carbonyl (C=O) groups excluding carboxylic acids is 2. The van der Waals surface area contributed by atoms with Crippen LogP contribution >= 0.6 is 0 Å². The van der Waals surface area contributed by atoms with Crippen LogP contribution in [-0.4, -0.2) is 41.6 Å². The van der Waals surface area contributed by atoms with E-state index in [2.05, 4.69) is 15.6 Å². The van der Waals surface area contributed by atoms with Gasteiger partial charge in [-0.3, -0.25) is 19.5 Å². The molecule has 194 valence electrons. The number of aromatic amines is 1. The molecule has 0 saturated carbocycles. The quantitative estimate of drug-likeness (QED) is 0.202. The van der Waals surface area contributed by atoms with Crippen molar-refractivity contribution in [2.45, 2.75) is 19.3 Å². The summed E-state index contributed by atoms with van der Waals surface area (Å²) in [5.41, 5.74) is 5.07. The van der Waals surface area contributed by atoms with Crippen LogP contribution in [0.15, 0.2) is 94.8 Å². The number of benzene rings is 3. The molecule has 0 aliphatic heterocycles. The van der Waals surface area contributed by atoms with Crippen molar-refractivity contribution in [1.82, 2.24) is 15.2 Å². The molecule has 2 N–H and O–H groups in total. The van der Waals surface area contributed by atoms with E-state index in [4.69, 9.17) is 9.47 Å². The molecule has 4 aromatic rings. The van der Waals surface area contributed by atoms with Gasteiger partial charge in [0.15, 0.2) is 0 Å². The van der Waals surface area contributed by atoms with E-state index in [1.165, 1.54) is 11.8 Å². The fourth-order valence-electron chi connectivity index (χ4n) is 4.16. The lowest BCUT2D eigenvalue weighted by Crippen LogP contribution is -2.28. The van der Waals surface area contributed by atoms with E-state index < -0.39 is 17.4 Å². The summed E-state index contributed by atoms with van der Waals surface area (Å²) in [7, 11) is 2.83. The van der Waals surface area contributed by atoms with Gasteiger partial charge in [0.2, 0.25) is 0 Å². The second-order valence-corrected chi connectivity index (χ2v) is 8.48. The van der Waals surface area contributed by atoms with Crippen molar-refractivity contribution in [2.75, 3.05) is 14.2 Å². The number of H-pyrrole nitrogens is 1. The molecule has 0 atom stereocenters. The molecule has 0 bridgehead atoms. The van der Waals surface area contributed by atoms with Crippen molar-refractivity contribution in [1.29, 1.82) is 0 Å². The summed E-state index contributed by atoms with van der Waals surface area (Å²) in [6.45, 7) is 1.60. The lowest BCUT2D eigenvalue weighted by atomic mass is 9.91. The lowest BCUT2D eigenvalue weighted by molar-refractivity contribution is -0.139. The minimum atomic E-state index is -0.606. The molecule has 0 saturated heterocycles. The molecular formula is C29H28N4O5. The topological polar surface area (TPSA) is 115 Å². The van der Waals surface area contributed by atoms with Crippen molar-refractivity contribution in [2.24, 2.45) is 5.10 Å². The highest BCUT2D eigenvalue weighted by molar-refractivity contribution is 6.01. The van der Waals surface area contributed by atoms with Crippen molar-refractivity contribution < 1.29 is 19.1 Å². The molecule has 9 heteroatoms. The number of hydrogen-bond donors (Lipinski definition) is 2. The van der Waals surface area contributed by atoms with Crippen LogP contribution in [0, 0.1) is 0 Å². The summed E-state index contributed by atoms with van der Waals surface area (Å²) in [5, 5.41) is 7.25. The monoisotopic (exact) mass is 512 g/mol. The SMILES string of the molecule is COC(=O)Cc1[nH]n(-c2ccc(OC)cc2)c(=O)c1/C(C)=N/NC(=O)C(c1ccccc1)c1ccccc1. The summed E-state index contributed by atoms with van der Waals surface area (Å²) in [5.74, 6) is -0.859. The number of ether oxygens (including phenoxy) is 2. The maximum absolute atomic E-state index is 13.4. The third-order valence-electron chi connectivity index (χ3n) is 6.07. The van der Waals surface area contributed by atoms with Gasteiger partial charge in [0.1, 0.15) is 5.75 Å². The second kappa shape index (κ2) is 11.9. The zero-order valence-electron chi connectivity index (χ0n) is 21.3. The predicted octanol–water partition coefficient (Wildman–Crippen LogP) is 3.56. The number of carbonyl (C=O) groups is 2. The van der Waals surface area contributed by atoms with Gasteiger partial charge in [-0.25, -0.2) is 10.1 Å². The van der Waals surface area contributed by atoms with Crippen LogP contribution in [0.1, 0.15) is 35.2 Å². The Balaban J connectivity index is 1.69. The molecule has 1 heterocycles. The molecule has 0 unspecified atom stereocenters. The summed E-state index contributed by atoms with van der Waals surface area (Å²) < 4.78 is 11.3. The first-order chi connectivity index (χ1) is 18.4. The van der Waals surface area contributed by atoms with Crippen LogP contribution < -0.4 is 15.7 Å². The van der Waals surface area contributed by atoms with E-state index >= 15 is 0 Å². The number of hydrogen-bond acceptors (Lipinski definition) is 6. The molecule has 0 aliphatic carbocycles. The van der Waals surface area contributed by atoms with Crippen molar-refractivity contribution in [3.8, 4) is 11.4 Å². The molecule has 4 rings (SSSR count). The Morgan fingerprint density at radius 1 is 0.921 bits per heavy atom. The standard InChI is InChI=1S/C29H28N4O5/c1-19(30-31-28(35)27(20-10-6-4-7-11-20)21-12-8-5-9-13-21)26-24(18-25(34)38-3)32-33(29(26)36)22-14-16-23(37-2)17-15-22/h4-17,27,32H,18H2,1-3H3,(H,31,35)/b30-19+. The van der Waals surface area contributed by atoms with Crippen molar-refractivity contribution in [3.63, 3.8) is 0 Å². The van der Waals surface area contributed by atoms with Gasteiger partial charge in [-0.2, -0.15) is 5.10 Å². The minimum absolute atomic E-state index is 0.169. The smallest absolute Gasteiger partial charge is 0.311 e. The Morgan fingerprint density at radius 3 is 2.03 bits per heavy atom. The normalized spacial score (nSPS) is 11.3. The summed E-state index contributed by atoms with van der Waals surface area (Å²) in [6.07, 6.45) is -0.179. The maximum Gasteiger partial charge on any atom is 0.311 e. The molecule has 0 aliphatic rings. The fourth-order valence-corrected chi connectivity index (χ4v) is 4.16. The molecule has 1 amide bonds. The van der Waals surface area contributed by atoms with E-state index in [-0.39, 0.29) is 23.6 Å². The number of hydrazone groups is 1. The Hall–Kier alpha value is -4.92. The molecule has 9 nitrogen and oxygen atoms in total. The number of nitrogens with one attached hydrogen (secondary N) is 2. The Morgan fingerprint density at radius 2 is 1.50 bits per heavy atom. The Bertz CT molecular complexity index is 1450. The van der Waals surface area contributed by atoms with Crippen molar-refractivity contribution >= 4 is 17.6 Å². The number of aromatic nitrogens is 2. The number of rotatable bonds is 9. The van der Waals surface area contributed by atoms with E-state index in [0.29, 0.717) is 17.1 Å². The van der Waals surface area contributed by atoms with Crippen LogP contribution in [0.2, 0.25) is 0 Å². The van der Waals surface area contributed by atoms with Crippen LogP contribution in [0.3, 0.4) is 0 Å². The number of esters is 1. The zero-order chi connectivity index (χ0) is 27.1. The lowest BCUT2D eigenvalue weighted by Gasteiger charge is -2.16. The van der Waals surface area contributed by atoms with Crippen LogP contribution in [0.25, 0.3) is 5.69 Å². The number of amides is 1. The molecule has 3 aromatic carbocycles. The second-order valence-electron chi connectivity index (χ2n) is 8.48. The van der Waals surface area contributed by atoms with Gasteiger partial charge in [0.25, 0.3) is 11.5 Å². The van der Waals surface area contributed by atoms with Gasteiger partial charge in [-0.1, -0.05) is 60.7 Å². The molecule has 1 aromatic heterocycles. The fraction of sp³-hybridized carbons (Fsp3) is 0.172. The molecule has 0 fully saturated rings. The van der Waals surface area contributed by atoms with Gasteiger partial charge < -0.3 is 9.47 Å². The zero-order valence-corrected chi connectivity index (χ0v) is 21.3. The third-order valence-corrected chi connectivity index (χ3v) is 6.07. The average molecular weight is 513 g/mol.